The Balaban J connectivity index is 2.62. The summed E-state index contributed by atoms with van der Waals surface area (Å²) in [6.07, 6.45) is 2.01. The number of thioether (sulfide) groups is 1. The van der Waals surface area contributed by atoms with Crippen LogP contribution in [-0.2, 0) is 4.79 Å². The van der Waals surface area contributed by atoms with Crippen LogP contribution in [0.25, 0.3) is 0 Å². The molecule has 0 aromatic heterocycles. The number of allylic oxidation sites excluding steroid dienone is 1. The van der Waals surface area contributed by atoms with Crippen LogP contribution in [0.5, 0.6) is 0 Å². The highest BCUT2D eigenvalue weighted by molar-refractivity contribution is 8.00. The number of hydrogen-bond acceptors (Lipinski definition) is 2. The molecule has 0 saturated carbocycles. The van der Waals surface area contributed by atoms with E-state index in [9.17, 15) is 4.79 Å². The Labute approximate surface area is 65.9 Å². The summed E-state index contributed by atoms with van der Waals surface area (Å²) in [5, 5.41) is 0.226. The van der Waals surface area contributed by atoms with Crippen molar-refractivity contribution in [1.82, 2.24) is 0 Å². The van der Waals surface area contributed by atoms with Gasteiger partial charge in [-0.15, -0.1) is 11.8 Å². The summed E-state index contributed by atoms with van der Waals surface area (Å²) in [6.45, 7) is 4.26. The first-order valence-corrected chi connectivity index (χ1v) is 4.51. The van der Waals surface area contributed by atoms with Crippen molar-refractivity contribution in [3.05, 3.63) is 11.1 Å². The SMILES string of the molecule is CC1=C(C)CC(C=O)SC1. The van der Waals surface area contributed by atoms with Crippen LogP contribution in [0.1, 0.15) is 20.3 Å². The Kier molecular flexibility index (Phi) is 2.55. The molecule has 10 heavy (non-hydrogen) atoms. The molecule has 1 atom stereocenters. The van der Waals surface area contributed by atoms with Crippen molar-refractivity contribution in [3.8, 4) is 0 Å². The van der Waals surface area contributed by atoms with E-state index < -0.39 is 0 Å². The molecule has 0 aromatic carbocycles. The Morgan fingerprint density at radius 3 is 2.70 bits per heavy atom. The first-order chi connectivity index (χ1) is 4.74. The number of aldehydes is 1. The normalized spacial score (nSPS) is 26.8. The summed E-state index contributed by atoms with van der Waals surface area (Å²) in [5.41, 5.74) is 2.85. The first-order valence-electron chi connectivity index (χ1n) is 3.46. The van der Waals surface area contributed by atoms with E-state index in [1.54, 1.807) is 11.8 Å². The van der Waals surface area contributed by atoms with Gasteiger partial charge in [0.15, 0.2) is 0 Å². The quantitative estimate of drug-likeness (QED) is 0.427. The predicted octanol–water partition coefficient (Wildman–Crippen LogP) is 2.03. The maximum atomic E-state index is 10.4. The fourth-order valence-corrected chi connectivity index (χ4v) is 2.13. The molecular weight excluding hydrogens is 144 g/mol. The second-order valence-electron chi connectivity index (χ2n) is 2.75. The molecule has 0 N–H and O–H groups in total. The third-order valence-corrected chi connectivity index (χ3v) is 3.21. The average Bonchev–Trinajstić information content (AvgIpc) is 1.95. The molecule has 0 amide bonds. The second-order valence-corrected chi connectivity index (χ2v) is 3.98. The van der Waals surface area contributed by atoms with Gasteiger partial charge in [0.05, 0.1) is 5.25 Å². The summed E-state index contributed by atoms with van der Waals surface area (Å²) in [5.74, 6) is 1.04. The van der Waals surface area contributed by atoms with E-state index in [4.69, 9.17) is 0 Å². The molecule has 0 fully saturated rings. The highest BCUT2D eigenvalue weighted by Gasteiger charge is 2.15. The Bertz CT molecular complexity index is 172. The lowest BCUT2D eigenvalue weighted by Gasteiger charge is -2.18. The van der Waals surface area contributed by atoms with Gasteiger partial charge in [0.1, 0.15) is 6.29 Å². The molecule has 1 aliphatic heterocycles. The highest BCUT2D eigenvalue weighted by atomic mass is 32.2. The molecular formula is C8H12OS. The smallest absolute Gasteiger partial charge is 0.133 e. The van der Waals surface area contributed by atoms with Gasteiger partial charge in [-0.2, -0.15) is 0 Å². The first kappa shape index (κ1) is 7.86. The Morgan fingerprint density at radius 1 is 1.50 bits per heavy atom. The molecule has 1 aliphatic rings. The van der Waals surface area contributed by atoms with Gasteiger partial charge in [-0.1, -0.05) is 11.1 Å². The summed E-state index contributed by atoms with van der Waals surface area (Å²) >= 11 is 1.75. The van der Waals surface area contributed by atoms with Crippen LogP contribution < -0.4 is 0 Å². The fraction of sp³-hybridized carbons (Fsp3) is 0.625. The van der Waals surface area contributed by atoms with E-state index in [0.717, 1.165) is 18.5 Å². The molecule has 0 saturated heterocycles. The maximum absolute atomic E-state index is 10.4. The third-order valence-electron chi connectivity index (χ3n) is 1.90. The van der Waals surface area contributed by atoms with Crippen molar-refractivity contribution in [2.24, 2.45) is 0 Å². The van der Waals surface area contributed by atoms with E-state index in [0.29, 0.717) is 0 Å². The average molecular weight is 156 g/mol. The van der Waals surface area contributed by atoms with Crippen LogP contribution in [0.2, 0.25) is 0 Å². The molecule has 0 bridgehead atoms. The van der Waals surface area contributed by atoms with Gasteiger partial charge < -0.3 is 4.79 Å². The van der Waals surface area contributed by atoms with E-state index in [1.807, 2.05) is 0 Å². The molecule has 56 valence electrons. The standard InChI is InChI=1S/C8H12OS/c1-6-3-8(4-9)10-5-7(6)2/h4,8H,3,5H2,1-2H3. The fourth-order valence-electron chi connectivity index (χ4n) is 0.978. The second kappa shape index (κ2) is 3.24. The van der Waals surface area contributed by atoms with Gasteiger partial charge in [-0.3, -0.25) is 0 Å². The minimum atomic E-state index is 0.226. The molecule has 0 aromatic rings. The summed E-state index contributed by atoms with van der Waals surface area (Å²) in [7, 11) is 0. The zero-order valence-corrected chi connectivity index (χ0v) is 7.20. The van der Waals surface area contributed by atoms with Crippen molar-refractivity contribution in [3.63, 3.8) is 0 Å². The largest absolute Gasteiger partial charge is 0.302 e. The number of carbonyl (C=O) groups excluding carboxylic acids is 1. The van der Waals surface area contributed by atoms with Crippen molar-refractivity contribution in [2.45, 2.75) is 25.5 Å². The van der Waals surface area contributed by atoms with Crippen molar-refractivity contribution < 1.29 is 4.79 Å². The minimum absolute atomic E-state index is 0.226. The molecule has 1 unspecified atom stereocenters. The van der Waals surface area contributed by atoms with E-state index in [-0.39, 0.29) is 5.25 Å². The van der Waals surface area contributed by atoms with Crippen LogP contribution in [0.4, 0.5) is 0 Å². The third kappa shape index (κ3) is 1.63. The zero-order valence-electron chi connectivity index (χ0n) is 6.39. The van der Waals surface area contributed by atoms with Gasteiger partial charge in [0.25, 0.3) is 0 Å². The van der Waals surface area contributed by atoms with Crippen LogP contribution >= 0.6 is 11.8 Å². The lowest BCUT2D eigenvalue weighted by Crippen LogP contribution is -2.12. The molecule has 1 rings (SSSR count). The van der Waals surface area contributed by atoms with Crippen molar-refractivity contribution in [2.75, 3.05) is 5.75 Å². The van der Waals surface area contributed by atoms with Crippen LogP contribution in [0.15, 0.2) is 11.1 Å². The lowest BCUT2D eigenvalue weighted by molar-refractivity contribution is -0.107. The molecule has 0 aliphatic carbocycles. The van der Waals surface area contributed by atoms with E-state index in [2.05, 4.69) is 13.8 Å². The number of rotatable bonds is 1. The van der Waals surface area contributed by atoms with Crippen LogP contribution in [0.3, 0.4) is 0 Å². The number of hydrogen-bond donors (Lipinski definition) is 0. The molecule has 1 heterocycles. The van der Waals surface area contributed by atoms with Gasteiger partial charge in [0, 0.05) is 5.75 Å². The van der Waals surface area contributed by atoms with Gasteiger partial charge in [0.2, 0.25) is 0 Å². The van der Waals surface area contributed by atoms with Crippen LogP contribution in [-0.4, -0.2) is 17.3 Å². The predicted molar refractivity (Wildman–Crippen MR) is 45.3 cm³/mol. The highest BCUT2D eigenvalue weighted by Crippen LogP contribution is 2.27. The van der Waals surface area contributed by atoms with E-state index >= 15 is 0 Å². The molecule has 0 spiro atoms. The zero-order chi connectivity index (χ0) is 7.56. The Hall–Kier alpha value is -0.240. The number of carbonyl (C=O) groups is 1. The molecule has 0 radical (unpaired) electrons. The summed E-state index contributed by atoms with van der Waals surface area (Å²) in [4.78, 5) is 10.4. The van der Waals surface area contributed by atoms with Gasteiger partial charge >= 0.3 is 0 Å². The van der Waals surface area contributed by atoms with Crippen molar-refractivity contribution in [1.29, 1.82) is 0 Å². The van der Waals surface area contributed by atoms with Crippen LogP contribution in [0, 0.1) is 0 Å². The maximum Gasteiger partial charge on any atom is 0.133 e. The topological polar surface area (TPSA) is 17.1 Å². The summed E-state index contributed by atoms with van der Waals surface area (Å²) < 4.78 is 0. The molecule has 2 heteroatoms. The lowest BCUT2D eigenvalue weighted by atomic mass is 10.1. The van der Waals surface area contributed by atoms with Gasteiger partial charge in [-0.25, -0.2) is 0 Å². The monoisotopic (exact) mass is 156 g/mol. The molecule has 1 nitrogen and oxygen atoms in total. The minimum Gasteiger partial charge on any atom is -0.302 e. The van der Waals surface area contributed by atoms with E-state index in [1.165, 1.54) is 11.1 Å². The Morgan fingerprint density at radius 2 is 2.20 bits per heavy atom. The van der Waals surface area contributed by atoms with Crippen molar-refractivity contribution >= 4 is 18.0 Å². The summed E-state index contributed by atoms with van der Waals surface area (Å²) in [6, 6.07) is 0. The van der Waals surface area contributed by atoms with Gasteiger partial charge in [-0.05, 0) is 20.3 Å².